The number of halogens is 5. The van der Waals surface area contributed by atoms with Crippen molar-refractivity contribution in [2.24, 2.45) is 5.92 Å². The second-order valence-electron chi connectivity index (χ2n) is 7.57. The van der Waals surface area contributed by atoms with E-state index in [1.165, 1.54) is 18.2 Å². The molecule has 2 aromatic rings. The average Bonchev–Trinajstić information content (AvgIpc) is 3.17. The normalized spacial score (nSPS) is 28.6. The lowest BCUT2D eigenvalue weighted by Crippen LogP contribution is -2.40. The molecule has 154 valence electrons. The Labute approximate surface area is 175 Å². The molecule has 1 amide bonds. The van der Waals surface area contributed by atoms with Crippen LogP contribution in [-0.2, 0) is 15.7 Å². The Kier molecular flexibility index (Phi) is 5.04. The van der Waals surface area contributed by atoms with Gasteiger partial charge >= 0.3 is 6.18 Å². The van der Waals surface area contributed by atoms with Crippen LogP contribution in [0.25, 0.3) is 0 Å². The number of aromatic nitrogens is 1. The molecular formula is C20H17Cl2F3N2O2. The summed E-state index contributed by atoms with van der Waals surface area (Å²) in [6.07, 6.45) is -3.64. The third-order valence-electron chi connectivity index (χ3n) is 5.63. The Morgan fingerprint density at radius 3 is 2.69 bits per heavy atom. The molecule has 3 heterocycles. The van der Waals surface area contributed by atoms with Crippen molar-refractivity contribution in [1.82, 2.24) is 4.98 Å². The summed E-state index contributed by atoms with van der Waals surface area (Å²) in [5.41, 5.74) is -1.07. The first-order valence-electron chi connectivity index (χ1n) is 9.06. The molecule has 0 radical (unpaired) electrons. The Balaban J connectivity index is 1.67. The molecule has 4 nitrogen and oxygen atoms in total. The van der Waals surface area contributed by atoms with Crippen LogP contribution in [0.2, 0.25) is 10.0 Å². The Morgan fingerprint density at radius 1 is 1.24 bits per heavy atom. The Bertz CT molecular complexity index is 969. The van der Waals surface area contributed by atoms with E-state index in [4.69, 9.17) is 27.9 Å². The van der Waals surface area contributed by atoms with Crippen molar-refractivity contribution >= 4 is 34.8 Å². The minimum Gasteiger partial charge on any atom is -0.370 e. The van der Waals surface area contributed by atoms with Gasteiger partial charge in [0.1, 0.15) is 5.69 Å². The van der Waals surface area contributed by atoms with Crippen LogP contribution >= 0.6 is 23.2 Å². The molecule has 4 unspecified atom stereocenters. The topological polar surface area (TPSA) is 51.2 Å². The van der Waals surface area contributed by atoms with Crippen LogP contribution in [-0.4, -0.2) is 22.6 Å². The molecule has 0 spiro atoms. The maximum Gasteiger partial charge on any atom is 0.433 e. The third kappa shape index (κ3) is 3.71. The SMILES string of the molecule is CC12CCC(O1)C(C(=O)Nc1ccc(Cl)c(Cl)c1)C2c1cccc(C(F)(F)F)n1. The quantitative estimate of drug-likeness (QED) is 0.660. The van der Waals surface area contributed by atoms with Gasteiger partial charge in [0.15, 0.2) is 0 Å². The first kappa shape index (κ1) is 20.4. The summed E-state index contributed by atoms with van der Waals surface area (Å²) in [5.74, 6) is -1.61. The second-order valence-corrected chi connectivity index (χ2v) is 8.39. The van der Waals surface area contributed by atoms with E-state index in [0.29, 0.717) is 23.6 Å². The predicted molar refractivity (Wildman–Crippen MR) is 103 cm³/mol. The maximum atomic E-state index is 13.2. The number of rotatable bonds is 3. The highest BCUT2D eigenvalue weighted by Gasteiger charge is 2.60. The number of alkyl halides is 3. The number of carbonyl (C=O) groups is 1. The average molecular weight is 445 g/mol. The summed E-state index contributed by atoms with van der Waals surface area (Å²) >= 11 is 11.9. The first-order chi connectivity index (χ1) is 13.6. The fourth-order valence-electron chi connectivity index (χ4n) is 4.37. The number of hydrogen-bond donors (Lipinski definition) is 1. The van der Waals surface area contributed by atoms with Crippen LogP contribution in [0.1, 0.15) is 37.1 Å². The zero-order valence-corrected chi connectivity index (χ0v) is 16.8. The minimum atomic E-state index is -4.56. The first-order valence-corrected chi connectivity index (χ1v) is 9.82. The van der Waals surface area contributed by atoms with Crippen molar-refractivity contribution in [3.63, 3.8) is 0 Å². The number of pyridine rings is 1. The highest BCUT2D eigenvalue weighted by molar-refractivity contribution is 6.42. The minimum absolute atomic E-state index is 0.207. The van der Waals surface area contributed by atoms with Gasteiger partial charge in [0, 0.05) is 17.3 Å². The molecule has 0 aliphatic carbocycles. The van der Waals surface area contributed by atoms with Gasteiger partial charge in [0.2, 0.25) is 5.91 Å². The number of anilines is 1. The monoisotopic (exact) mass is 444 g/mol. The van der Waals surface area contributed by atoms with E-state index >= 15 is 0 Å². The van der Waals surface area contributed by atoms with Gasteiger partial charge in [-0.25, -0.2) is 4.98 Å². The summed E-state index contributed by atoms with van der Waals surface area (Å²) in [6.45, 7) is 1.83. The van der Waals surface area contributed by atoms with E-state index in [1.807, 2.05) is 6.92 Å². The van der Waals surface area contributed by atoms with Gasteiger partial charge < -0.3 is 10.1 Å². The molecule has 9 heteroatoms. The molecule has 2 aliphatic heterocycles. The Hall–Kier alpha value is -1.83. The van der Waals surface area contributed by atoms with Crippen LogP contribution < -0.4 is 5.32 Å². The number of ether oxygens (including phenoxy) is 1. The summed E-state index contributed by atoms with van der Waals surface area (Å²) in [7, 11) is 0. The highest BCUT2D eigenvalue weighted by atomic mass is 35.5. The number of amides is 1. The van der Waals surface area contributed by atoms with E-state index < -0.39 is 29.3 Å². The number of carbonyl (C=O) groups excluding carboxylic acids is 1. The number of nitrogens with one attached hydrogen (secondary N) is 1. The van der Waals surface area contributed by atoms with E-state index in [-0.39, 0.29) is 22.7 Å². The zero-order chi connectivity index (χ0) is 21.0. The van der Waals surface area contributed by atoms with Crippen molar-refractivity contribution in [2.45, 2.75) is 43.6 Å². The molecule has 0 saturated carbocycles. The van der Waals surface area contributed by atoms with Crippen LogP contribution in [0.4, 0.5) is 18.9 Å². The van der Waals surface area contributed by atoms with Gasteiger partial charge in [0.05, 0.1) is 27.7 Å². The highest BCUT2D eigenvalue weighted by Crippen LogP contribution is 2.55. The van der Waals surface area contributed by atoms with Crippen molar-refractivity contribution in [2.75, 3.05) is 5.32 Å². The fourth-order valence-corrected chi connectivity index (χ4v) is 4.67. The lowest BCUT2D eigenvalue weighted by atomic mass is 9.70. The largest absolute Gasteiger partial charge is 0.433 e. The molecule has 2 fully saturated rings. The maximum absolute atomic E-state index is 13.2. The van der Waals surface area contributed by atoms with Crippen LogP contribution in [0, 0.1) is 5.92 Å². The summed E-state index contributed by atoms with van der Waals surface area (Å²) in [5, 5.41) is 3.43. The van der Waals surface area contributed by atoms with Gasteiger partial charge in [0.25, 0.3) is 0 Å². The summed E-state index contributed by atoms with van der Waals surface area (Å²) < 4.78 is 45.5. The standard InChI is InChI=1S/C20H17Cl2F3N2O2/c1-19-8-7-14(29-19)16(18(28)26-10-5-6-11(21)12(22)9-10)17(19)13-3-2-4-15(27-13)20(23,24)25/h2-6,9,14,16-17H,7-8H2,1H3,(H,26,28). The third-order valence-corrected chi connectivity index (χ3v) is 6.37. The van der Waals surface area contributed by atoms with Gasteiger partial charge in [-0.3, -0.25) is 4.79 Å². The van der Waals surface area contributed by atoms with Gasteiger partial charge in [-0.1, -0.05) is 29.3 Å². The van der Waals surface area contributed by atoms with Crippen molar-refractivity contribution in [3.8, 4) is 0 Å². The van der Waals surface area contributed by atoms with Crippen molar-refractivity contribution in [3.05, 3.63) is 57.8 Å². The lowest BCUT2D eigenvalue weighted by Gasteiger charge is -2.33. The van der Waals surface area contributed by atoms with E-state index in [0.717, 1.165) is 6.07 Å². The smallest absolute Gasteiger partial charge is 0.370 e. The van der Waals surface area contributed by atoms with Crippen LogP contribution in [0.15, 0.2) is 36.4 Å². The number of hydrogen-bond acceptors (Lipinski definition) is 3. The molecule has 29 heavy (non-hydrogen) atoms. The molecule has 4 rings (SSSR count). The molecule has 2 saturated heterocycles. The molecular weight excluding hydrogens is 428 g/mol. The lowest BCUT2D eigenvalue weighted by molar-refractivity contribution is -0.141. The van der Waals surface area contributed by atoms with E-state index in [2.05, 4.69) is 10.3 Å². The van der Waals surface area contributed by atoms with E-state index in [1.54, 1.807) is 12.1 Å². The van der Waals surface area contributed by atoms with Gasteiger partial charge in [-0.05, 0) is 50.1 Å². The van der Waals surface area contributed by atoms with Gasteiger partial charge in [-0.15, -0.1) is 0 Å². The van der Waals surface area contributed by atoms with Gasteiger partial charge in [-0.2, -0.15) is 13.2 Å². The Morgan fingerprint density at radius 2 is 2.00 bits per heavy atom. The summed E-state index contributed by atoms with van der Waals surface area (Å²) in [6, 6.07) is 8.45. The second kappa shape index (κ2) is 7.15. The predicted octanol–water partition coefficient (Wildman–Crippen LogP) is 5.70. The molecule has 1 aromatic heterocycles. The molecule has 1 aromatic carbocycles. The number of fused-ring (bicyclic) bond motifs is 2. The molecule has 4 atom stereocenters. The number of benzene rings is 1. The van der Waals surface area contributed by atoms with E-state index in [9.17, 15) is 18.0 Å². The molecule has 2 bridgehead atoms. The fraction of sp³-hybridized carbons (Fsp3) is 0.400. The molecule has 2 aliphatic rings. The van der Waals surface area contributed by atoms with Crippen LogP contribution in [0.5, 0.6) is 0 Å². The molecule has 1 N–H and O–H groups in total. The summed E-state index contributed by atoms with van der Waals surface area (Å²) in [4.78, 5) is 16.9. The number of nitrogens with zero attached hydrogens (tertiary/aromatic N) is 1. The zero-order valence-electron chi connectivity index (χ0n) is 15.3. The van der Waals surface area contributed by atoms with Crippen molar-refractivity contribution in [1.29, 1.82) is 0 Å². The van der Waals surface area contributed by atoms with Crippen LogP contribution in [0.3, 0.4) is 0 Å². The van der Waals surface area contributed by atoms with Crippen molar-refractivity contribution < 1.29 is 22.7 Å².